The fraction of sp³-hybridized carbons (Fsp3) is 0.538. The molecule has 1 N–H and O–H groups in total. The summed E-state index contributed by atoms with van der Waals surface area (Å²) in [5.74, 6) is 0. The smallest absolute Gasteiger partial charge is 0.314 e. The lowest BCUT2D eigenvalue weighted by Crippen LogP contribution is -2.46. The fourth-order valence-corrected chi connectivity index (χ4v) is 3.26. The first-order chi connectivity index (χ1) is 9.79. The van der Waals surface area contributed by atoms with Crippen LogP contribution >= 0.6 is 47.2 Å². The summed E-state index contributed by atoms with van der Waals surface area (Å²) in [6.07, 6.45) is -5.32. The van der Waals surface area contributed by atoms with Crippen molar-refractivity contribution in [3.8, 4) is 0 Å². The van der Waals surface area contributed by atoms with Gasteiger partial charge < -0.3 is 5.32 Å². The molecule has 1 aromatic rings. The first-order valence-electron chi connectivity index (χ1n) is 6.44. The van der Waals surface area contributed by atoms with Crippen molar-refractivity contribution in [2.45, 2.75) is 18.6 Å². The van der Waals surface area contributed by atoms with Crippen molar-refractivity contribution in [3.05, 3.63) is 32.8 Å². The number of nitrogens with zero attached hydrogens (tertiary/aromatic N) is 1. The number of halogens is 7. The fourth-order valence-electron chi connectivity index (χ4n) is 2.47. The lowest BCUT2D eigenvalue weighted by atomic mass is 10.0. The Labute approximate surface area is 148 Å². The maximum Gasteiger partial charge on any atom is 0.390 e. The van der Waals surface area contributed by atoms with Crippen molar-refractivity contribution in [1.29, 1.82) is 0 Å². The highest BCUT2D eigenvalue weighted by molar-refractivity contribution is 6.44. The summed E-state index contributed by atoms with van der Waals surface area (Å²) >= 11 is 18.1. The van der Waals surface area contributed by atoms with Crippen molar-refractivity contribution in [2.24, 2.45) is 0 Å². The summed E-state index contributed by atoms with van der Waals surface area (Å²) in [5, 5.41) is 3.62. The Kier molecular flexibility index (Phi) is 7.57. The van der Waals surface area contributed by atoms with Crippen LogP contribution in [-0.4, -0.2) is 37.3 Å². The molecule has 0 saturated carbocycles. The number of hydrogen-bond donors (Lipinski definition) is 1. The third-order valence-electron chi connectivity index (χ3n) is 3.43. The maximum absolute atomic E-state index is 12.9. The topological polar surface area (TPSA) is 15.3 Å². The van der Waals surface area contributed by atoms with Crippen molar-refractivity contribution in [3.63, 3.8) is 0 Å². The van der Waals surface area contributed by atoms with Crippen LogP contribution in [0.25, 0.3) is 0 Å². The molecule has 1 atom stereocenters. The largest absolute Gasteiger partial charge is 0.390 e. The van der Waals surface area contributed by atoms with Gasteiger partial charge in [-0.15, -0.1) is 12.4 Å². The van der Waals surface area contributed by atoms with E-state index in [0.29, 0.717) is 26.2 Å². The van der Waals surface area contributed by atoms with E-state index >= 15 is 0 Å². The predicted molar refractivity (Wildman–Crippen MR) is 86.6 cm³/mol. The summed E-state index contributed by atoms with van der Waals surface area (Å²) in [5.41, 5.74) is 0.255. The van der Waals surface area contributed by atoms with Gasteiger partial charge in [0, 0.05) is 42.8 Å². The Morgan fingerprint density at radius 2 is 1.64 bits per heavy atom. The molecule has 0 spiro atoms. The predicted octanol–water partition coefficient (Wildman–Crippen LogP) is 4.97. The third-order valence-corrected chi connectivity index (χ3v) is 4.58. The van der Waals surface area contributed by atoms with Gasteiger partial charge in [-0.05, 0) is 12.1 Å². The molecule has 0 amide bonds. The van der Waals surface area contributed by atoms with Gasteiger partial charge in [-0.2, -0.15) is 13.2 Å². The number of hydrogen-bond acceptors (Lipinski definition) is 2. The van der Waals surface area contributed by atoms with Gasteiger partial charge in [-0.3, -0.25) is 4.90 Å². The molecule has 1 aliphatic heterocycles. The molecule has 1 fully saturated rings. The molecule has 9 heteroatoms. The zero-order valence-corrected chi connectivity index (χ0v) is 14.5. The van der Waals surface area contributed by atoms with E-state index < -0.39 is 18.6 Å². The van der Waals surface area contributed by atoms with Gasteiger partial charge in [0.1, 0.15) is 0 Å². The zero-order chi connectivity index (χ0) is 15.6. The van der Waals surface area contributed by atoms with Crippen LogP contribution in [0.5, 0.6) is 0 Å². The lowest BCUT2D eigenvalue weighted by molar-refractivity contribution is -0.148. The highest BCUT2D eigenvalue weighted by Crippen LogP contribution is 2.42. The van der Waals surface area contributed by atoms with Gasteiger partial charge in [0.2, 0.25) is 0 Å². The molecule has 22 heavy (non-hydrogen) atoms. The minimum atomic E-state index is -4.31. The van der Waals surface area contributed by atoms with E-state index in [0.717, 1.165) is 0 Å². The summed E-state index contributed by atoms with van der Waals surface area (Å²) in [6, 6.07) is 2.04. The SMILES string of the molecule is Cl.FC(F)(F)C[C@H](c1c(Cl)ccc(Cl)c1Cl)N1CCNCC1. The Morgan fingerprint density at radius 3 is 2.18 bits per heavy atom. The number of alkyl halides is 3. The molecule has 2 rings (SSSR count). The van der Waals surface area contributed by atoms with E-state index in [-0.39, 0.29) is 33.0 Å². The van der Waals surface area contributed by atoms with E-state index in [1.165, 1.54) is 12.1 Å². The monoisotopic (exact) mass is 396 g/mol. The van der Waals surface area contributed by atoms with Crippen LogP contribution in [0.15, 0.2) is 12.1 Å². The second-order valence-corrected chi connectivity index (χ2v) is 6.07. The van der Waals surface area contributed by atoms with Gasteiger partial charge in [0.05, 0.1) is 16.5 Å². The average Bonchev–Trinajstić information content (AvgIpc) is 2.42. The Bertz CT molecular complexity index is 505. The minimum Gasteiger partial charge on any atom is -0.314 e. The van der Waals surface area contributed by atoms with Gasteiger partial charge in [-0.25, -0.2) is 0 Å². The van der Waals surface area contributed by atoms with Gasteiger partial charge >= 0.3 is 6.18 Å². The maximum atomic E-state index is 12.9. The summed E-state index contributed by atoms with van der Waals surface area (Å²) in [7, 11) is 0. The standard InChI is InChI=1S/C13H14Cl3F3N2.ClH/c14-8-1-2-9(15)12(16)11(8)10(7-13(17,18)19)21-5-3-20-4-6-21;/h1-2,10,20H,3-7H2;1H/t10-;/m1./s1. The lowest BCUT2D eigenvalue weighted by Gasteiger charge is -2.36. The van der Waals surface area contributed by atoms with Crippen LogP contribution in [0.4, 0.5) is 13.2 Å². The normalized spacial score (nSPS) is 17.9. The Morgan fingerprint density at radius 1 is 1.09 bits per heavy atom. The average molecular weight is 398 g/mol. The molecular formula is C13H15Cl4F3N2. The molecule has 126 valence electrons. The molecule has 1 heterocycles. The van der Waals surface area contributed by atoms with E-state index in [4.69, 9.17) is 34.8 Å². The first-order valence-corrected chi connectivity index (χ1v) is 7.58. The molecule has 0 aliphatic carbocycles. The van der Waals surface area contributed by atoms with Crippen LogP contribution in [0, 0.1) is 0 Å². The summed E-state index contributed by atoms with van der Waals surface area (Å²) in [6.45, 7) is 2.26. The highest BCUT2D eigenvalue weighted by atomic mass is 35.5. The van der Waals surface area contributed by atoms with E-state index in [9.17, 15) is 13.2 Å². The summed E-state index contributed by atoms with van der Waals surface area (Å²) < 4.78 is 38.8. The van der Waals surface area contributed by atoms with Crippen LogP contribution in [0.1, 0.15) is 18.0 Å². The Balaban J connectivity index is 0.00000242. The minimum absolute atomic E-state index is 0. The molecule has 0 unspecified atom stereocenters. The van der Waals surface area contributed by atoms with E-state index in [1.807, 2.05) is 0 Å². The number of benzene rings is 1. The molecule has 0 radical (unpaired) electrons. The second kappa shape index (κ2) is 8.27. The van der Waals surface area contributed by atoms with Crippen LogP contribution in [-0.2, 0) is 0 Å². The van der Waals surface area contributed by atoms with E-state index in [1.54, 1.807) is 4.90 Å². The van der Waals surface area contributed by atoms with E-state index in [2.05, 4.69) is 5.32 Å². The van der Waals surface area contributed by atoms with Gasteiger partial charge in [-0.1, -0.05) is 34.8 Å². The molecule has 1 aliphatic rings. The van der Waals surface area contributed by atoms with Gasteiger partial charge in [0.25, 0.3) is 0 Å². The first kappa shape index (κ1) is 20.1. The molecule has 2 nitrogen and oxygen atoms in total. The molecule has 1 aromatic carbocycles. The molecule has 0 aromatic heterocycles. The van der Waals surface area contributed by atoms with Gasteiger partial charge in [0.15, 0.2) is 0 Å². The quantitative estimate of drug-likeness (QED) is 0.724. The highest BCUT2D eigenvalue weighted by Gasteiger charge is 2.38. The molecule has 0 bridgehead atoms. The zero-order valence-electron chi connectivity index (χ0n) is 11.4. The number of piperazine rings is 1. The Hall–Kier alpha value is 0.0900. The van der Waals surface area contributed by atoms with Crippen molar-refractivity contribution in [2.75, 3.05) is 26.2 Å². The number of rotatable bonds is 3. The second-order valence-electron chi connectivity index (χ2n) is 4.88. The molecule has 1 saturated heterocycles. The van der Waals surface area contributed by atoms with Crippen LogP contribution in [0.2, 0.25) is 15.1 Å². The summed E-state index contributed by atoms with van der Waals surface area (Å²) in [4.78, 5) is 1.74. The van der Waals surface area contributed by atoms with Crippen molar-refractivity contribution >= 4 is 47.2 Å². The van der Waals surface area contributed by atoms with Crippen molar-refractivity contribution in [1.82, 2.24) is 10.2 Å². The third kappa shape index (κ3) is 5.05. The van der Waals surface area contributed by atoms with Crippen LogP contribution in [0.3, 0.4) is 0 Å². The van der Waals surface area contributed by atoms with Crippen molar-refractivity contribution < 1.29 is 13.2 Å². The molecular weight excluding hydrogens is 383 g/mol. The van der Waals surface area contributed by atoms with Crippen LogP contribution < -0.4 is 5.32 Å². The number of nitrogens with one attached hydrogen (secondary N) is 1.